The Morgan fingerprint density at radius 3 is 2.81 bits per heavy atom. The van der Waals surface area contributed by atoms with Gasteiger partial charge in [0, 0.05) is 11.8 Å². The van der Waals surface area contributed by atoms with Crippen molar-refractivity contribution in [3.05, 3.63) is 59.7 Å². The third-order valence-corrected chi connectivity index (χ3v) is 3.65. The van der Waals surface area contributed by atoms with Gasteiger partial charge >= 0.3 is 0 Å². The topological polar surface area (TPSA) is 64.3 Å². The number of carbonyl (C=O) groups excluding carboxylic acids is 1. The van der Waals surface area contributed by atoms with E-state index in [1.807, 2.05) is 48.5 Å². The van der Waals surface area contributed by atoms with Crippen molar-refractivity contribution >= 4 is 11.6 Å². The largest absolute Gasteiger partial charge is 0.489 e. The molecule has 1 heterocycles. The zero-order valence-corrected chi connectivity index (χ0v) is 11.7. The molecular formula is C17H18N2O2. The zero-order chi connectivity index (χ0) is 14.7. The number of hydrogen-bond acceptors (Lipinski definition) is 3. The lowest BCUT2D eigenvalue weighted by Gasteiger charge is -2.11. The third-order valence-electron chi connectivity index (χ3n) is 3.65. The lowest BCUT2D eigenvalue weighted by atomic mass is 10.1. The molecule has 0 aliphatic carbocycles. The molecule has 2 aromatic rings. The van der Waals surface area contributed by atoms with Crippen LogP contribution in [-0.4, -0.2) is 11.9 Å². The Balaban J connectivity index is 1.74. The van der Waals surface area contributed by atoms with Crippen LogP contribution in [-0.2, 0) is 17.8 Å². The number of rotatable bonds is 3. The maximum Gasteiger partial charge on any atom is 0.241 e. The smallest absolute Gasteiger partial charge is 0.241 e. The normalized spacial score (nSPS) is 17.6. The molecule has 0 fully saturated rings. The Hall–Kier alpha value is -2.33. The second-order valence-corrected chi connectivity index (χ2v) is 5.23. The van der Waals surface area contributed by atoms with Crippen molar-refractivity contribution in [2.45, 2.75) is 25.5 Å². The number of anilines is 1. The number of nitrogens with two attached hydrogens (primary N) is 1. The minimum Gasteiger partial charge on any atom is -0.489 e. The summed E-state index contributed by atoms with van der Waals surface area (Å²) in [5, 5.41) is 2.87. The first-order valence-corrected chi connectivity index (χ1v) is 7.08. The fraction of sp³-hybridized carbons (Fsp3) is 0.235. The average Bonchev–Trinajstić information content (AvgIpc) is 2.65. The third kappa shape index (κ3) is 3.23. The van der Waals surface area contributed by atoms with E-state index in [0.29, 0.717) is 13.0 Å². The summed E-state index contributed by atoms with van der Waals surface area (Å²) in [6.45, 7) is 0.507. The van der Waals surface area contributed by atoms with Crippen LogP contribution in [0.5, 0.6) is 5.75 Å². The molecule has 1 atom stereocenters. The van der Waals surface area contributed by atoms with Gasteiger partial charge in [0.15, 0.2) is 0 Å². The first-order valence-electron chi connectivity index (χ1n) is 7.08. The number of carbonyl (C=O) groups is 1. The van der Waals surface area contributed by atoms with Crippen molar-refractivity contribution in [2.75, 3.05) is 5.32 Å². The predicted molar refractivity (Wildman–Crippen MR) is 82.1 cm³/mol. The molecule has 4 heteroatoms. The number of fused-ring (bicyclic) bond motifs is 1. The van der Waals surface area contributed by atoms with Gasteiger partial charge in [-0.1, -0.05) is 36.4 Å². The molecule has 108 valence electrons. The van der Waals surface area contributed by atoms with Gasteiger partial charge in [-0.05, 0) is 30.0 Å². The van der Waals surface area contributed by atoms with Crippen LogP contribution in [0.25, 0.3) is 0 Å². The van der Waals surface area contributed by atoms with Gasteiger partial charge in [0.05, 0.1) is 6.04 Å². The maximum atomic E-state index is 11.8. The second-order valence-electron chi connectivity index (χ2n) is 5.23. The van der Waals surface area contributed by atoms with Crippen LogP contribution in [0.15, 0.2) is 48.5 Å². The van der Waals surface area contributed by atoms with E-state index in [1.54, 1.807) is 0 Å². The number of ether oxygens (including phenoxy) is 1. The van der Waals surface area contributed by atoms with Crippen LogP contribution in [0.1, 0.15) is 17.5 Å². The number of amides is 1. The molecule has 1 amide bonds. The molecule has 1 unspecified atom stereocenters. The van der Waals surface area contributed by atoms with Crippen molar-refractivity contribution in [1.29, 1.82) is 0 Å². The van der Waals surface area contributed by atoms with Gasteiger partial charge in [-0.3, -0.25) is 4.79 Å². The van der Waals surface area contributed by atoms with E-state index in [0.717, 1.165) is 29.0 Å². The predicted octanol–water partition coefficient (Wildman–Crippen LogP) is 2.48. The highest BCUT2D eigenvalue weighted by molar-refractivity contribution is 5.96. The Kier molecular flexibility index (Phi) is 3.88. The minimum atomic E-state index is -0.439. The number of aryl methyl sites for hydroxylation is 1. The number of hydrogen-bond donors (Lipinski definition) is 2. The molecular weight excluding hydrogens is 264 g/mol. The summed E-state index contributed by atoms with van der Waals surface area (Å²) >= 11 is 0. The standard InChI is InChI=1S/C17H18N2O2/c18-15-9-7-13-6-8-14(10-16(13)19-17(15)20)21-11-12-4-2-1-3-5-12/h1-6,8,10,15H,7,9,11,18H2,(H,19,20). The van der Waals surface area contributed by atoms with Crippen LogP contribution in [0.4, 0.5) is 5.69 Å². The van der Waals surface area contributed by atoms with Crippen molar-refractivity contribution in [3.8, 4) is 5.75 Å². The molecule has 0 bridgehead atoms. The van der Waals surface area contributed by atoms with Crippen LogP contribution >= 0.6 is 0 Å². The molecule has 1 aliphatic rings. The van der Waals surface area contributed by atoms with Gasteiger partial charge in [-0.2, -0.15) is 0 Å². The molecule has 0 spiro atoms. The molecule has 0 radical (unpaired) electrons. The highest BCUT2D eigenvalue weighted by atomic mass is 16.5. The van der Waals surface area contributed by atoms with Gasteiger partial charge in [-0.25, -0.2) is 0 Å². The van der Waals surface area contributed by atoms with Crippen molar-refractivity contribution < 1.29 is 9.53 Å². The van der Waals surface area contributed by atoms with Crippen molar-refractivity contribution in [1.82, 2.24) is 0 Å². The molecule has 0 saturated heterocycles. The first-order chi connectivity index (χ1) is 10.2. The minimum absolute atomic E-state index is 0.131. The molecule has 3 N–H and O–H groups in total. The molecule has 0 aromatic heterocycles. The van der Waals surface area contributed by atoms with E-state index in [9.17, 15) is 4.79 Å². The van der Waals surface area contributed by atoms with E-state index in [4.69, 9.17) is 10.5 Å². The average molecular weight is 282 g/mol. The summed E-state index contributed by atoms with van der Waals surface area (Å²) in [5.41, 5.74) is 8.80. The van der Waals surface area contributed by atoms with E-state index >= 15 is 0 Å². The molecule has 2 aromatic carbocycles. The van der Waals surface area contributed by atoms with Crippen LogP contribution in [0.2, 0.25) is 0 Å². The van der Waals surface area contributed by atoms with Gasteiger partial charge in [0.1, 0.15) is 12.4 Å². The Morgan fingerprint density at radius 2 is 2.00 bits per heavy atom. The molecule has 3 rings (SSSR count). The van der Waals surface area contributed by atoms with Crippen molar-refractivity contribution in [2.24, 2.45) is 5.73 Å². The highest BCUT2D eigenvalue weighted by Crippen LogP contribution is 2.27. The van der Waals surface area contributed by atoms with Gasteiger partial charge < -0.3 is 15.8 Å². The van der Waals surface area contributed by atoms with Crippen LogP contribution in [0.3, 0.4) is 0 Å². The van der Waals surface area contributed by atoms with E-state index in [2.05, 4.69) is 5.32 Å². The summed E-state index contributed by atoms with van der Waals surface area (Å²) in [6.07, 6.45) is 1.47. The van der Waals surface area contributed by atoms with Gasteiger partial charge in [-0.15, -0.1) is 0 Å². The molecule has 0 saturated carbocycles. The quantitative estimate of drug-likeness (QED) is 0.909. The van der Waals surface area contributed by atoms with Gasteiger partial charge in [0.2, 0.25) is 5.91 Å². The maximum absolute atomic E-state index is 11.8. The first kappa shape index (κ1) is 13.6. The highest BCUT2D eigenvalue weighted by Gasteiger charge is 2.20. The Labute approximate surface area is 123 Å². The van der Waals surface area contributed by atoms with Gasteiger partial charge in [0.25, 0.3) is 0 Å². The van der Waals surface area contributed by atoms with E-state index in [1.165, 1.54) is 0 Å². The fourth-order valence-corrected chi connectivity index (χ4v) is 2.39. The Bertz CT molecular complexity index is 640. The lowest BCUT2D eigenvalue weighted by molar-refractivity contribution is -0.117. The van der Waals surface area contributed by atoms with Crippen LogP contribution < -0.4 is 15.8 Å². The zero-order valence-electron chi connectivity index (χ0n) is 11.7. The van der Waals surface area contributed by atoms with E-state index < -0.39 is 6.04 Å². The summed E-state index contributed by atoms with van der Waals surface area (Å²) in [4.78, 5) is 11.8. The molecule has 1 aliphatic heterocycles. The van der Waals surface area contributed by atoms with Crippen molar-refractivity contribution in [3.63, 3.8) is 0 Å². The Morgan fingerprint density at radius 1 is 1.19 bits per heavy atom. The SMILES string of the molecule is NC1CCc2ccc(OCc3ccccc3)cc2NC1=O. The lowest BCUT2D eigenvalue weighted by Crippen LogP contribution is -2.34. The second kappa shape index (κ2) is 5.97. The monoisotopic (exact) mass is 282 g/mol. The number of benzene rings is 2. The summed E-state index contributed by atoms with van der Waals surface area (Å²) in [7, 11) is 0. The molecule has 21 heavy (non-hydrogen) atoms. The summed E-state index contributed by atoms with van der Waals surface area (Å²) < 4.78 is 5.78. The summed E-state index contributed by atoms with van der Waals surface area (Å²) in [5.74, 6) is 0.613. The fourth-order valence-electron chi connectivity index (χ4n) is 2.39. The van der Waals surface area contributed by atoms with Crippen LogP contribution in [0, 0.1) is 0 Å². The number of nitrogens with one attached hydrogen (secondary N) is 1. The molecule has 4 nitrogen and oxygen atoms in total. The van der Waals surface area contributed by atoms with E-state index in [-0.39, 0.29) is 5.91 Å². The summed E-state index contributed by atoms with van der Waals surface area (Å²) in [6, 6.07) is 15.3.